The van der Waals surface area contributed by atoms with Gasteiger partial charge in [-0.05, 0) is 233 Å². The molecule has 0 heterocycles. The Bertz CT molecular complexity index is 4820. The number of esters is 6. The van der Waals surface area contributed by atoms with Crippen molar-refractivity contribution in [3.63, 3.8) is 0 Å². The maximum absolute atomic E-state index is 13.5. The van der Waals surface area contributed by atoms with Crippen LogP contribution in [0.15, 0.2) is 11.1 Å². The van der Waals surface area contributed by atoms with E-state index in [0.717, 1.165) is 44.9 Å². The number of methoxy groups -OCH3 is 1. The first-order valence-electron chi connectivity index (χ1n) is 45.8. The zero-order valence-electron chi connectivity index (χ0n) is 83.7. The molecule has 9 rings (SSSR count). The van der Waals surface area contributed by atoms with Crippen molar-refractivity contribution in [3.8, 4) is 0 Å². The second-order valence-corrected chi connectivity index (χ2v) is 44.5. The second kappa shape index (κ2) is 58.3. The first-order valence-corrected chi connectivity index (χ1v) is 52.9. The van der Waals surface area contributed by atoms with Gasteiger partial charge >= 0.3 is 97.9 Å². The van der Waals surface area contributed by atoms with Crippen LogP contribution in [0.5, 0.6) is 0 Å². The Morgan fingerprint density at radius 3 is 0.993 bits per heavy atom. The highest BCUT2D eigenvalue weighted by Crippen LogP contribution is 2.66. The quantitative estimate of drug-likeness (QED) is 0.00864. The molecule has 0 radical (unpaired) electrons. The topological polar surface area (TPSA) is 524 Å². The van der Waals surface area contributed by atoms with Crippen molar-refractivity contribution in [1.29, 1.82) is 0 Å². The lowest BCUT2D eigenvalue weighted by Gasteiger charge is -2.59. The summed E-state index contributed by atoms with van der Waals surface area (Å²) in [6.45, 7) is 13.0. The van der Waals surface area contributed by atoms with E-state index in [1.807, 2.05) is 13.8 Å². The van der Waals surface area contributed by atoms with Crippen LogP contribution in [0, 0.1) is 125 Å². The lowest BCUT2D eigenvalue weighted by molar-refractivity contribution is -0.193. The summed E-state index contributed by atoms with van der Waals surface area (Å²) in [5.74, 6) is -27.2. The van der Waals surface area contributed by atoms with Gasteiger partial charge in [0.2, 0.25) is 0 Å². The van der Waals surface area contributed by atoms with Crippen LogP contribution < -0.4 is 0 Å². The molecule has 8 fully saturated rings. The number of carbonyl (C=O) groups excluding carboxylic acids is 9. The molecule has 858 valence electrons. The average Bonchev–Trinajstić information content (AvgIpc) is 0.871. The number of ether oxygens (including phenoxy) is 7. The van der Waals surface area contributed by atoms with Crippen molar-refractivity contribution in [2.24, 2.45) is 87.8 Å². The minimum atomic E-state index is -6.51. The fourth-order valence-corrected chi connectivity index (χ4v) is 22.5. The van der Waals surface area contributed by atoms with Gasteiger partial charge in [0.15, 0.2) is 50.6 Å². The average molecular weight is 2270 g/mol. The van der Waals surface area contributed by atoms with Gasteiger partial charge in [-0.3, -0.25) is 33.6 Å². The van der Waals surface area contributed by atoms with Crippen LogP contribution in [0.3, 0.4) is 0 Å². The predicted octanol–water partition coefficient (Wildman–Crippen LogP) is 18.4. The van der Waals surface area contributed by atoms with Gasteiger partial charge in [0.1, 0.15) is 6.10 Å². The van der Waals surface area contributed by atoms with Crippen molar-refractivity contribution in [1.82, 2.24) is 0 Å². The van der Waals surface area contributed by atoms with Crippen LogP contribution in [0.2, 0.25) is 0 Å². The summed E-state index contributed by atoms with van der Waals surface area (Å²) in [4.78, 5) is 100. The molecule has 9 aliphatic carbocycles. The zero-order valence-corrected chi connectivity index (χ0v) is 87.8. The van der Waals surface area contributed by atoms with Crippen molar-refractivity contribution < 1.29 is 234 Å². The van der Waals surface area contributed by atoms with Crippen LogP contribution >= 0.6 is 0 Å². The van der Waals surface area contributed by atoms with E-state index in [1.54, 1.807) is 13.8 Å². The van der Waals surface area contributed by atoms with Crippen LogP contribution in [0.4, 0.5) is 87.8 Å². The van der Waals surface area contributed by atoms with Gasteiger partial charge in [0.25, 0.3) is 6.47 Å². The maximum Gasteiger partial charge on any atom is 0.396 e. The third-order valence-corrected chi connectivity index (χ3v) is 32.1. The number of halogens is 20. The van der Waals surface area contributed by atoms with E-state index >= 15 is 0 Å². The van der Waals surface area contributed by atoms with Gasteiger partial charge in [-0.2, -0.15) is 97.4 Å². The highest BCUT2D eigenvalue weighted by molar-refractivity contribution is 7.88. The number of aliphatic hydroxyl groups is 1. The van der Waals surface area contributed by atoms with Crippen molar-refractivity contribution >= 4 is 99.0 Å². The Hall–Kier alpha value is -7.13. The maximum atomic E-state index is 13.5. The van der Waals surface area contributed by atoms with Gasteiger partial charge in [0, 0.05) is 69.2 Å². The molecule has 9 aliphatic rings. The summed E-state index contributed by atoms with van der Waals surface area (Å²) < 4.78 is 453. The molecule has 6 bridgehead atoms. The molecular formula is C90H136F20O32S5. The minimum absolute atomic E-state index is 0. The zero-order chi connectivity index (χ0) is 109. The number of allylic oxidation sites excluding steroid dienone is 2. The molecule has 0 saturated heterocycles. The standard InChI is InChI=1S/C19H26F4O7S.C18H26F4O5S.C18H30F4O5S.C15H22F4O7S.C14H22F4O6S.CO2.5CH3/c1-29-14(24)16-7-12-6-13(8-16)10-17(9-12,11-16)15(25)30-5-3-2-4-18(20,21)19(22,23)31(26,27)28;1-3-12-11-9-14(13(12)4-2)15(10-11)16(23)27-8-6-5-7-17(19,20)18(21,22)28(24,25)26;1-4-13-11-15(14(5-2)10-12(13)3)16(23)27-9-7-6-8-17(19,20)18(21,22)28(24,25)26;1-10-8-11(4-5-12(10)26-9-20)13(21)25-7-3-2-6-14(16,17)15(18,19)27(22,23)24;1-9-8-10(4-5-11(9)19)12(20)24-7-3-2-6-13(15,16)14(17,18)25(21,22)23;2-1-3;;;;;/h12-13H,2-11H2,1H3,(H,26,27,28);11,14-15H,3-10H2,1-2H3,(H,24,25,26);12-15H,4-11H2,1-3H3,(H,24,25,26);9-12H,2-8H2,1H3,(H,22,23,24);9-11,19H,2-8H2,1H3,(H,21,22,23);;5*1H3/q;;;;;;5*+1/p-5. The predicted molar refractivity (Wildman–Crippen MR) is 477 cm³/mol. The van der Waals surface area contributed by atoms with E-state index in [-0.39, 0.29) is 168 Å². The summed E-state index contributed by atoms with van der Waals surface area (Å²) in [6.07, 6.45) is 1.58. The first kappa shape index (κ1) is 144. The van der Waals surface area contributed by atoms with Gasteiger partial charge in [-0.25, -0.2) is 42.1 Å². The van der Waals surface area contributed by atoms with Crippen LogP contribution in [0.1, 0.15) is 273 Å². The number of rotatable bonds is 47. The molecule has 15 unspecified atom stereocenters. The summed E-state index contributed by atoms with van der Waals surface area (Å²) in [5, 5.41) is -18.9. The molecule has 0 aliphatic heterocycles. The number of fused-ring (bicyclic) bond motifs is 2. The molecule has 0 aromatic rings. The minimum Gasteiger partial charge on any atom is -0.743 e. The summed E-state index contributed by atoms with van der Waals surface area (Å²) in [7, 11) is -31.1. The number of hydrogen-bond donors (Lipinski definition) is 1. The van der Waals surface area contributed by atoms with E-state index in [2.05, 4.69) is 20.8 Å². The van der Waals surface area contributed by atoms with E-state index in [4.69, 9.17) is 42.7 Å². The Kier molecular flexibility index (Phi) is 57.1. The third-order valence-electron chi connectivity index (χ3n) is 27.5. The number of carbonyl (C=O) groups is 7. The number of alkyl halides is 20. The lowest BCUT2D eigenvalue weighted by Crippen LogP contribution is -2.58. The molecule has 0 spiro atoms. The molecule has 15 atom stereocenters. The lowest BCUT2D eigenvalue weighted by atomic mass is 9.44. The monoisotopic (exact) mass is 2270 g/mol. The van der Waals surface area contributed by atoms with E-state index < -0.39 is 229 Å². The van der Waals surface area contributed by atoms with Crippen molar-refractivity contribution in [3.05, 3.63) is 48.3 Å². The van der Waals surface area contributed by atoms with Gasteiger partial charge in [-0.15, -0.1) is 0 Å². The van der Waals surface area contributed by atoms with E-state index in [9.17, 15) is 191 Å². The largest absolute Gasteiger partial charge is 0.743 e. The molecule has 8 saturated carbocycles. The fraction of sp³-hybridized carbons (Fsp3) is 0.833. The van der Waals surface area contributed by atoms with Crippen LogP contribution in [0.25, 0.3) is 0 Å². The van der Waals surface area contributed by atoms with Gasteiger partial charge < -0.3 is 61.0 Å². The molecule has 1 N–H and O–H groups in total. The molecule has 0 amide bonds. The number of unbranched alkanes of at least 4 members (excludes halogenated alkanes) is 5. The summed E-state index contributed by atoms with van der Waals surface area (Å²) >= 11 is 0. The second-order valence-electron chi connectivity index (χ2n) is 37.4. The highest BCUT2D eigenvalue weighted by atomic mass is 32.2. The first-order chi connectivity index (χ1) is 64.9. The van der Waals surface area contributed by atoms with Crippen molar-refractivity contribution in [2.75, 3.05) is 40.1 Å². The summed E-state index contributed by atoms with van der Waals surface area (Å²) in [5.41, 5.74) is 1.18. The Morgan fingerprint density at radius 1 is 0.388 bits per heavy atom. The molecular weight excluding hydrogens is 2130 g/mol. The van der Waals surface area contributed by atoms with Crippen LogP contribution in [-0.2, 0) is 127 Å². The Balaban J connectivity index is -0.00000174. The highest BCUT2D eigenvalue weighted by Gasteiger charge is 2.68. The number of hydrogen-bond acceptors (Lipinski definition) is 32. The van der Waals surface area contributed by atoms with Gasteiger partial charge in [-0.1, -0.05) is 72.5 Å². The number of aliphatic hydroxyl groups excluding tert-OH is 1. The van der Waals surface area contributed by atoms with E-state index in [0.29, 0.717) is 108 Å². The summed E-state index contributed by atoms with van der Waals surface area (Å²) in [6, 6.07) is 0. The normalized spacial score (nSPS) is 25.7. The SMILES string of the molecule is CC1CC(C(=O)OCCCCC(F)(F)C(F)(F)S(=O)(=O)[O-])CCC1O.CC1CC(C(=O)OCCCCC(F)(F)C(F)(F)S(=O)(=O)[O-])CCC1OC=O.CCC1=C(CC)C2CC1CC2C(=O)OCCCCC(F)(F)C(F)(F)S(=O)(=O)[O-].CCC1CC(C(=O)OCCCCC(F)(F)C(F)(F)S(=O)(=O)[O-])C(CC)CC1C.COC(=O)C12CC3CC(C1)CC(C(=O)OCCCCC(F)(F)C(F)(F)S(=O)(=O)[O-])(C3)C2.O=C=O.[CH3+].[CH3+].[CH3+].[CH3+].[CH3+]. The molecule has 0 aromatic carbocycles. The third kappa shape index (κ3) is 37.1. The fourth-order valence-electron chi connectivity index (χ4n) is 20.1. The molecule has 147 heavy (non-hydrogen) atoms. The van der Waals surface area contributed by atoms with Crippen LogP contribution in [-0.4, -0.2) is 227 Å². The smallest absolute Gasteiger partial charge is 0.396 e. The van der Waals surface area contributed by atoms with Crippen molar-refractivity contribution in [2.45, 2.75) is 341 Å². The Morgan fingerprint density at radius 2 is 0.694 bits per heavy atom. The molecule has 32 nitrogen and oxygen atoms in total. The molecule has 0 aromatic heterocycles. The Labute approximate surface area is 846 Å². The molecule has 57 heteroatoms. The van der Waals surface area contributed by atoms with E-state index in [1.165, 1.54) is 18.3 Å². The van der Waals surface area contributed by atoms with Gasteiger partial charge in [0.05, 0.1) is 80.7 Å².